The van der Waals surface area contributed by atoms with Crippen molar-refractivity contribution in [1.29, 1.82) is 0 Å². The zero-order valence-corrected chi connectivity index (χ0v) is 22.1. The molecule has 15 heteroatoms. The Labute approximate surface area is 230 Å². The maximum absolute atomic E-state index is 10.6. The van der Waals surface area contributed by atoms with Crippen LogP contribution in [0.15, 0.2) is 35.8 Å². The molecule has 2 aliphatic heterocycles. The highest BCUT2D eigenvalue weighted by molar-refractivity contribution is 7.13. The van der Waals surface area contributed by atoms with E-state index in [0.29, 0.717) is 11.5 Å². The van der Waals surface area contributed by atoms with Crippen LogP contribution in [0.25, 0.3) is 0 Å². The number of hydrogen-bond acceptors (Lipinski definition) is 7. The van der Waals surface area contributed by atoms with Crippen LogP contribution in [0.3, 0.4) is 0 Å². The van der Waals surface area contributed by atoms with Gasteiger partial charge >= 0.3 is 24.3 Å². The van der Waals surface area contributed by atoms with Crippen LogP contribution in [0.4, 0.5) is 31.5 Å². The van der Waals surface area contributed by atoms with Gasteiger partial charge in [0, 0.05) is 43.8 Å². The first kappa shape index (κ1) is 31.6. The average molecular weight is 598 g/mol. The topological polar surface area (TPSA) is 103 Å². The largest absolute Gasteiger partial charge is 0.490 e. The first-order valence-corrected chi connectivity index (χ1v) is 13.3. The Morgan fingerprint density at radius 1 is 0.925 bits per heavy atom. The maximum atomic E-state index is 10.6. The number of hydrogen-bond donors (Lipinski definition) is 2. The standard InChI is InChI=1S/C21H27N3OS.2C2HF3O2/c1-2-4-18-17(3-1)19(23-12-14-25-15-13-23)5-6-21(18)7-10-24(11-8-21)20-22-9-16-26-20;2*3-2(4,5)1(6)7/h1-4,9,16,19H,5-8,10-15H2;2*(H,6,7). The molecule has 1 unspecified atom stereocenters. The summed E-state index contributed by atoms with van der Waals surface area (Å²) in [4.78, 5) is 27.4. The van der Waals surface area contributed by atoms with Crippen LogP contribution < -0.4 is 4.90 Å². The molecule has 2 N–H and O–H groups in total. The van der Waals surface area contributed by atoms with Gasteiger partial charge in [-0.1, -0.05) is 24.3 Å². The molecule has 40 heavy (non-hydrogen) atoms. The van der Waals surface area contributed by atoms with Gasteiger partial charge in [0.2, 0.25) is 0 Å². The fraction of sp³-hybridized carbons (Fsp3) is 0.560. The summed E-state index contributed by atoms with van der Waals surface area (Å²) in [7, 11) is 0. The smallest absolute Gasteiger partial charge is 0.475 e. The quantitative estimate of drug-likeness (QED) is 0.461. The van der Waals surface area contributed by atoms with Crippen LogP contribution in [0, 0.1) is 0 Å². The fourth-order valence-corrected chi connectivity index (χ4v) is 5.96. The lowest BCUT2D eigenvalue weighted by Crippen LogP contribution is -2.47. The van der Waals surface area contributed by atoms with Gasteiger partial charge in [-0.05, 0) is 42.2 Å². The first-order valence-electron chi connectivity index (χ1n) is 12.4. The third-order valence-corrected chi connectivity index (χ3v) is 8.00. The van der Waals surface area contributed by atoms with Crippen molar-refractivity contribution in [2.75, 3.05) is 44.3 Å². The summed E-state index contributed by atoms with van der Waals surface area (Å²) >= 11 is 1.77. The Kier molecular flexibility index (Phi) is 10.4. The lowest BCUT2D eigenvalue weighted by molar-refractivity contribution is -0.193. The Morgan fingerprint density at radius 3 is 1.98 bits per heavy atom. The molecular weight excluding hydrogens is 568 g/mol. The van der Waals surface area contributed by atoms with E-state index >= 15 is 0 Å². The van der Waals surface area contributed by atoms with Gasteiger partial charge in [0.25, 0.3) is 0 Å². The molecule has 2 aromatic rings. The monoisotopic (exact) mass is 597 g/mol. The number of aliphatic carboxylic acids is 2. The molecule has 3 heterocycles. The molecule has 2 saturated heterocycles. The summed E-state index contributed by atoms with van der Waals surface area (Å²) in [6.07, 6.45) is -3.14. The number of fused-ring (bicyclic) bond motifs is 2. The summed E-state index contributed by atoms with van der Waals surface area (Å²) in [6, 6.07) is 9.87. The number of anilines is 1. The Hall–Kier alpha value is -2.91. The van der Waals surface area contributed by atoms with Gasteiger partial charge in [0.1, 0.15) is 0 Å². The molecule has 0 saturated carbocycles. The van der Waals surface area contributed by atoms with Gasteiger partial charge in [-0.3, -0.25) is 4.90 Å². The van der Waals surface area contributed by atoms with Gasteiger partial charge < -0.3 is 19.8 Å². The number of aromatic nitrogens is 1. The van der Waals surface area contributed by atoms with Crippen LogP contribution in [0.5, 0.6) is 0 Å². The number of thiazole rings is 1. The molecule has 1 aromatic carbocycles. The van der Waals surface area contributed by atoms with Gasteiger partial charge in [-0.15, -0.1) is 11.3 Å². The molecule has 8 nitrogen and oxygen atoms in total. The van der Waals surface area contributed by atoms with Crippen molar-refractivity contribution in [3.8, 4) is 0 Å². The normalized spacial score (nSPS) is 20.9. The molecular formula is C25H29F6N3O5S. The number of rotatable bonds is 2. The van der Waals surface area contributed by atoms with E-state index in [2.05, 4.69) is 44.4 Å². The number of nitrogens with zero attached hydrogens (tertiary/aromatic N) is 3. The third-order valence-electron chi connectivity index (χ3n) is 7.17. The van der Waals surface area contributed by atoms with Gasteiger partial charge in [-0.2, -0.15) is 26.3 Å². The maximum Gasteiger partial charge on any atom is 0.490 e. The SMILES string of the molecule is O=C(O)C(F)(F)F.O=C(O)C(F)(F)F.c1ccc2c(c1)C(N1CCOCC1)CCC21CCN(c2nccs2)CC1. The van der Waals surface area contributed by atoms with Crippen LogP contribution in [-0.4, -0.2) is 83.8 Å². The van der Waals surface area contributed by atoms with Crippen molar-refractivity contribution in [3.63, 3.8) is 0 Å². The number of ether oxygens (including phenoxy) is 1. The van der Waals surface area contributed by atoms with E-state index in [1.54, 1.807) is 22.5 Å². The zero-order chi connectivity index (χ0) is 29.6. The summed E-state index contributed by atoms with van der Waals surface area (Å²) in [6.45, 7) is 6.17. The van der Waals surface area contributed by atoms with Crippen LogP contribution in [-0.2, 0) is 19.7 Å². The van der Waals surface area contributed by atoms with E-state index in [-0.39, 0.29) is 0 Å². The number of alkyl halides is 6. The van der Waals surface area contributed by atoms with Gasteiger partial charge in [0.15, 0.2) is 5.13 Å². The van der Waals surface area contributed by atoms with Crippen molar-refractivity contribution < 1.29 is 50.9 Å². The van der Waals surface area contributed by atoms with Crippen molar-refractivity contribution >= 4 is 28.4 Å². The number of morpholine rings is 1. The average Bonchev–Trinajstić information content (AvgIpc) is 3.45. The number of carboxylic acid groups (broad SMARTS) is 2. The molecule has 5 rings (SSSR count). The summed E-state index contributed by atoms with van der Waals surface area (Å²) < 4.78 is 69.1. The molecule has 1 aromatic heterocycles. The highest BCUT2D eigenvalue weighted by Crippen LogP contribution is 2.50. The van der Waals surface area contributed by atoms with E-state index in [0.717, 1.165) is 39.4 Å². The van der Waals surface area contributed by atoms with E-state index in [9.17, 15) is 26.3 Å². The minimum absolute atomic E-state index is 0.368. The molecule has 1 atom stereocenters. The Balaban J connectivity index is 0.000000263. The predicted molar refractivity (Wildman–Crippen MR) is 133 cm³/mol. The molecule has 222 valence electrons. The van der Waals surface area contributed by atoms with Crippen LogP contribution in [0.1, 0.15) is 42.9 Å². The zero-order valence-electron chi connectivity index (χ0n) is 21.2. The number of benzene rings is 1. The lowest BCUT2D eigenvalue weighted by atomic mass is 9.63. The van der Waals surface area contributed by atoms with Crippen LogP contribution >= 0.6 is 11.3 Å². The molecule has 2 fully saturated rings. The number of carboxylic acids is 2. The van der Waals surface area contributed by atoms with E-state index in [1.807, 2.05) is 6.20 Å². The Morgan fingerprint density at radius 2 is 1.48 bits per heavy atom. The summed E-state index contributed by atoms with van der Waals surface area (Å²) in [5.74, 6) is -5.51. The van der Waals surface area contributed by atoms with E-state index in [1.165, 1.54) is 30.8 Å². The molecule has 0 bridgehead atoms. The molecule has 3 aliphatic rings. The van der Waals surface area contributed by atoms with E-state index in [4.69, 9.17) is 24.5 Å². The third kappa shape index (κ3) is 8.07. The Bertz CT molecular complexity index is 1090. The fourth-order valence-electron chi connectivity index (χ4n) is 5.26. The van der Waals surface area contributed by atoms with Crippen molar-refractivity contribution in [2.45, 2.75) is 49.5 Å². The minimum Gasteiger partial charge on any atom is -0.475 e. The minimum atomic E-state index is -5.08. The van der Waals surface area contributed by atoms with E-state index < -0.39 is 24.3 Å². The number of halogens is 6. The summed E-state index contributed by atoms with van der Waals surface area (Å²) in [5.41, 5.74) is 3.58. The van der Waals surface area contributed by atoms with Crippen molar-refractivity contribution in [3.05, 3.63) is 47.0 Å². The number of carbonyl (C=O) groups is 2. The second kappa shape index (κ2) is 13.2. The summed E-state index contributed by atoms with van der Waals surface area (Å²) in [5, 5.41) is 17.5. The molecule has 0 radical (unpaired) electrons. The highest BCUT2D eigenvalue weighted by atomic mass is 32.1. The first-order chi connectivity index (χ1) is 18.7. The second-order valence-corrected chi connectivity index (χ2v) is 10.4. The lowest BCUT2D eigenvalue weighted by Gasteiger charge is -2.49. The van der Waals surface area contributed by atoms with Crippen molar-refractivity contribution in [2.24, 2.45) is 0 Å². The predicted octanol–water partition coefficient (Wildman–Crippen LogP) is 5.12. The number of piperidine rings is 1. The molecule has 1 spiro atoms. The highest BCUT2D eigenvalue weighted by Gasteiger charge is 2.43. The van der Waals surface area contributed by atoms with Crippen LogP contribution in [0.2, 0.25) is 0 Å². The molecule has 0 amide bonds. The van der Waals surface area contributed by atoms with Gasteiger partial charge in [-0.25, -0.2) is 14.6 Å². The second-order valence-electron chi connectivity index (χ2n) is 9.48. The molecule has 1 aliphatic carbocycles. The van der Waals surface area contributed by atoms with Gasteiger partial charge in [0.05, 0.1) is 13.2 Å². The van der Waals surface area contributed by atoms with Crippen molar-refractivity contribution in [1.82, 2.24) is 9.88 Å².